The normalized spacial score (nSPS) is 17.9. The van der Waals surface area contributed by atoms with Crippen LogP contribution in [0.1, 0.15) is 11.7 Å². The summed E-state index contributed by atoms with van der Waals surface area (Å²) in [4.78, 5) is 11.1. The lowest BCUT2D eigenvalue weighted by Gasteiger charge is -2.16. The van der Waals surface area contributed by atoms with E-state index in [2.05, 4.69) is 5.32 Å². The number of nitrogens with one attached hydrogen (secondary N) is 1. The van der Waals surface area contributed by atoms with Gasteiger partial charge in [0.2, 0.25) is 0 Å². The van der Waals surface area contributed by atoms with Crippen molar-refractivity contribution in [2.24, 2.45) is 0 Å². The highest BCUT2D eigenvalue weighted by Crippen LogP contribution is 2.39. The molecule has 1 aliphatic heterocycles. The van der Waals surface area contributed by atoms with E-state index in [0.717, 1.165) is 5.56 Å². The zero-order chi connectivity index (χ0) is 13.1. The van der Waals surface area contributed by atoms with Crippen LogP contribution in [0, 0.1) is 0 Å². The van der Waals surface area contributed by atoms with Crippen molar-refractivity contribution in [3.05, 3.63) is 17.7 Å². The fourth-order valence-corrected chi connectivity index (χ4v) is 1.87. The van der Waals surface area contributed by atoms with Crippen molar-refractivity contribution < 1.29 is 23.7 Å². The summed E-state index contributed by atoms with van der Waals surface area (Å²) in [7, 11) is 4.65. The van der Waals surface area contributed by atoms with Crippen LogP contribution in [0.15, 0.2) is 12.1 Å². The Labute approximate surface area is 105 Å². The second-order valence-corrected chi connectivity index (χ2v) is 3.72. The maximum atomic E-state index is 11.1. The summed E-state index contributed by atoms with van der Waals surface area (Å²) in [6, 6.07) is 3.46. The predicted molar refractivity (Wildman–Crippen MR) is 63.3 cm³/mol. The first-order valence-electron chi connectivity index (χ1n) is 5.44. The molecule has 6 heteroatoms. The third kappa shape index (κ3) is 2.13. The van der Waals surface area contributed by atoms with E-state index in [1.807, 2.05) is 0 Å². The number of alkyl carbamates (subject to hydrolysis) is 1. The zero-order valence-corrected chi connectivity index (χ0v) is 10.5. The van der Waals surface area contributed by atoms with Gasteiger partial charge in [0.25, 0.3) is 0 Å². The summed E-state index contributed by atoms with van der Waals surface area (Å²) in [5.41, 5.74) is 0.744. The van der Waals surface area contributed by atoms with E-state index in [9.17, 15) is 4.79 Å². The number of methoxy groups -OCH3 is 3. The molecule has 1 saturated heterocycles. The Morgan fingerprint density at radius 2 is 1.72 bits per heavy atom. The van der Waals surface area contributed by atoms with Gasteiger partial charge in [-0.15, -0.1) is 0 Å². The molecule has 0 aromatic heterocycles. The van der Waals surface area contributed by atoms with Gasteiger partial charge in [0, 0.05) is 11.6 Å². The Bertz CT molecular complexity index is 460. The van der Waals surface area contributed by atoms with Crippen molar-refractivity contribution in [3.8, 4) is 17.2 Å². The minimum absolute atomic E-state index is 0.382. The van der Waals surface area contributed by atoms with Crippen LogP contribution < -0.4 is 19.5 Å². The first-order chi connectivity index (χ1) is 8.69. The van der Waals surface area contributed by atoms with Crippen LogP contribution in [0.4, 0.5) is 4.79 Å². The Kier molecular flexibility index (Phi) is 3.45. The van der Waals surface area contributed by atoms with E-state index in [4.69, 9.17) is 18.9 Å². The van der Waals surface area contributed by atoms with Crippen molar-refractivity contribution in [2.45, 2.75) is 6.10 Å². The summed E-state index contributed by atoms with van der Waals surface area (Å²) < 4.78 is 20.8. The Hall–Kier alpha value is -2.11. The molecular weight excluding hydrogens is 238 g/mol. The van der Waals surface area contributed by atoms with Crippen LogP contribution in [-0.2, 0) is 4.74 Å². The van der Waals surface area contributed by atoms with Crippen LogP contribution in [0.3, 0.4) is 0 Å². The summed E-state index contributed by atoms with van der Waals surface area (Å²) in [6.45, 7) is 0.407. The molecular formula is C12H15NO5. The number of cyclic esters (lactones) is 1. The summed E-state index contributed by atoms with van der Waals surface area (Å²) in [5, 5.41) is 2.60. The fourth-order valence-electron chi connectivity index (χ4n) is 1.87. The highest BCUT2D eigenvalue weighted by atomic mass is 16.6. The number of carbonyl (C=O) groups excluding carboxylic acids is 1. The molecule has 1 atom stereocenters. The van der Waals surface area contributed by atoms with Gasteiger partial charge in [0.1, 0.15) is 11.9 Å². The monoisotopic (exact) mass is 253 g/mol. The van der Waals surface area contributed by atoms with Crippen LogP contribution in [0.2, 0.25) is 0 Å². The quantitative estimate of drug-likeness (QED) is 0.880. The van der Waals surface area contributed by atoms with Crippen LogP contribution in [-0.4, -0.2) is 34.0 Å². The maximum Gasteiger partial charge on any atom is 0.407 e. The molecule has 0 spiro atoms. The molecule has 1 aliphatic rings. The van der Waals surface area contributed by atoms with Gasteiger partial charge in [-0.1, -0.05) is 0 Å². The molecule has 1 aromatic carbocycles. The van der Waals surface area contributed by atoms with Crippen molar-refractivity contribution in [1.29, 1.82) is 0 Å². The first kappa shape index (κ1) is 12.3. The predicted octanol–water partition coefficient (Wildman–Crippen LogP) is 1.49. The van der Waals surface area contributed by atoms with Crippen molar-refractivity contribution in [1.82, 2.24) is 5.32 Å². The van der Waals surface area contributed by atoms with Crippen molar-refractivity contribution >= 4 is 6.09 Å². The highest BCUT2D eigenvalue weighted by Gasteiger charge is 2.28. The van der Waals surface area contributed by atoms with E-state index in [1.54, 1.807) is 33.5 Å². The van der Waals surface area contributed by atoms with Gasteiger partial charge in [0.15, 0.2) is 11.5 Å². The van der Waals surface area contributed by atoms with E-state index in [1.165, 1.54) is 0 Å². The molecule has 0 radical (unpaired) electrons. The van der Waals surface area contributed by atoms with E-state index in [0.29, 0.717) is 23.8 Å². The first-order valence-corrected chi connectivity index (χ1v) is 5.44. The minimum atomic E-state index is -0.433. The third-order valence-corrected chi connectivity index (χ3v) is 2.76. The number of amides is 1. The lowest BCUT2D eigenvalue weighted by atomic mass is 10.1. The number of rotatable bonds is 4. The van der Waals surface area contributed by atoms with Crippen LogP contribution in [0.25, 0.3) is 0 Å². The third-order valence-electron chi connectivity index (χ3n) is 2.76. The van der Waals surface area contributed by atoms with E-state index < -0.39 is 6.09 Å². The SMILES string of the molecule is COc1cc(OC)c(C2CNC(=O)O2)cc1OC. The zero-order valence-electron chi connectivity index (χ0n) is 10.5. The smallest absolute Gasteiger partial charge is 0.407 e. The van der Waals surface area contributed by atoms with Gasteiger partial charge in [-0.2, -0.15) is 0 Å². The molecule has 1 unspecified atom stereocenters. The average molecular weight is 253 g/mol. The fraction of sp³-hybridized carbons (Fsp3) is 0.417. The molecule has 0 aliphatic carbocycles. The van der Waals surface area contributed by atoms with Gasteiger partial charge in [0.05, 0.1) is 27.9 Å². The topological polar surface area (TPSA) is 66.0 Å². The summed E-state index contributed by atoms with van der Waals surface area (Å²) >= 11 is 0. The Morgan fingerprint density at radius 1 is 1.11 bits per heavy atom. The number of ether oxygens (including phenoxy) is 4. The van der Waals surface area contributed by atoms with Crippen molar-refractivity contribution in [2.75, 3.05) is 27.9 Å². The standard InChI is InChI=1S/C12H15NO5/c1-15-8-5-10(17-3)9(16-2)4-7(8)11-6-13-12(14)18-11/h4-5,11H,6H2,1-3H3,(H,13,14). The number of hydrogen-bond acceptors (Lipinski definition) is 5. The maximum absolute atomic E-state index is 11.1. The van der Waals surface area contributed by atoms with Crippen molar-refractivity contribution in [3.63, 3.8) is 0 Å². The van der Waals surface area contributed by atoms with Gasteiger partial charge in [-0.25, -0.2) is 4.79 Å². The molecule has 1 aromatic rings. The summed E-state index contributed by atoms with van der Waals surface area (Å²) in [5.74, 6) is 1.72. The molecule has 1 amide bonds. The Morgan fingerprint density at radius 3 is 2.22 bits per heavy atom. The second-order valence-electron chi connectivity index (χ2n) is 3.72. The number of hydrogen-bond donors (Lipinski definition) is 1. The molecule has 6 nitrogen and oxygen atoms in total. The number of benzene rings is 1. The molecule has 1 fully saturated rings. The lowest BCUT2D eigenvalue weighted by molar-refractivity contribution is 0.139. The van der Waals surface area contributed by atoms with E-state index >= 15 is 0 Å². The lowest BCUT2D eigenvalue weighted by Crippen LogP contribution is -2.12. The minimum Gasteiger partial charge on any atom is -0.496 e. The molecule has 0 bridgehead atoms. The largest absolute Gasteiger partial charge is 0.496 e. The average Bonchev–Trinajstić information content (AvgIpc) is 2.83. The summed E-state index contributed by atoms with van der Waals surface area (Å²) in [6.07, 6.45) is -0.816. The van der Waals surface area contributed by atoms with Crippen LogP contribution in [0.5, 0.6) is 17.2 Å². The molecule has 18 heavy (non-hydrogen) atoms. The Balaban J connectivity index is 2.41. The molecule has 1 heterocycles. The molecule has 98 valence electrons. The van der Waals surface area contributed by atoms with Gasteiger partial charge >= 0.3 is 6.09 Å². The molecule has 0 saturated carbocycles. The van der Waals surface area contributed by atoms with Gasteiger partial charge < -0.3 is 24.3 Å². The van der Waals surface area contributed by atoms with E-state index in [-0.39, 0.29) is 6.10 Å². The molecule has 1 N–H and O–H groups in total. The molecule has 2 rings (SSSR count). The highest BCUT2D eigenvalue weighted by molar-refractivity contribution is 5.70. The number of carbonyl (C=O) groups is 1. The second kappa shape index (κ2) is 5.03. The van der Waals surface area contributed by atoms with Gasteiger partial charge in [-0.05, 0) is 6.07 Å². The van der Waals surface area contributed by atoms with Gasteiger partial charge in [-0.3, -0.25) is 0 Å². The van der Waals surface area contributed by atoms with Crippen LogP contribution >= 0.6 is 0 Å².